The van der Waals surface area contributed by atoms with Gasteiger partial charge in [0.05, 0.1) is 9.36 Å². The summed E-state index contributed by atoms with van der Waals surface area (Å²) in [5.74, 6) is -0.0431. The smallest absolute Gasteiger partial charge is 0.387 e. The molecule has 1 N–H and O–H groups in total. The van der Waals surface area contributed by atoms with Gasteiger partial charge in [-0.2, -0.15) is 8.78 Å². The fraction of sp³-hybridized carbons (Fsp3) is 0.231. The summed E-state index contributed by atoms with van der Waals surface area (Å²) in [4.78, 5) is 0. The molecule has 0 saturated carbocycles. The first-order chi connectivity index (χ1) is 9.45. The molecule has 0 aliphatic rings. The van der Waals surface area contributed by atoms with Crippen LogP contribution in [0.15, 0.2) is 29.6 Å². The molecule has 20 heavy (non-hydrogen) atoms. The van der Waals surface area contributed by atoms with Crippen LogP contribution in [0.4, 0.5) is 14.5 Å². The molecule has 0 aliphatic carbocycles. The molecule has 0 radical (unpaired) electrons. The van der Waals surface area contributed by atoms with Crippen molar-refractivity contribution in [1.29, 1.82) is 0 Å². The van der Waals surface area contributed by atoms with E-state index in [9.17, 15) is 8.78 Å². The SMILES string of the molecule is CC(Nc1ccc(OC(F)F)c(Cl)c1)c1csc(Cl)c1. The monoisotopic (exact) mass is 337 g/mol. The zero-order chi connectivity index (χ0) is 14.7. The topological polar surface area (TPSA) is 21.3 Å². The van der Waals surface area contributed by atoms with Crippen LogP contribution in [0, 0.1) is 0 Å². The second-order valence-electron chi connectivity index (χ2n) is 4.07. The Labute approximate surface area is 129 Å². The third kappa shape index (κ3) is 3.98. The largest absolute Gasteiger partial charge is 0.433 e. The number of rotatable bonds is 5. The van der Waals surface area contributed by atoms with Crippen molar-refractivity contribution in [2.75, 3.05) is 5.32 Å². The normalized spacial score (nSPS) is 12.5. The van der Waals surface area contributed by atoms with Crippen LogP contribution in [0.25, 0.3) is 0 Å². The average molecular weight is 338 g/mol. The number of alkyl halides is 2. The van der Waals surface area contributed by atoms with Gasteiger partial charge >= 0.3 is 6.61 Å². The average Bonchev–Trinajstić information content (AvgIpc) is 2.79. The van der Waals surface area contributed by atoms with Gasteiger partial charge in [0.1, 0.15) is 5.75 Å². The van der Waals surface area contributed by atoms with Crippen molar-refractivity contribution in [3.8, 4) is 5.75 Å². The summed E-state index contributed by atoms with van der Waals surface area (Å²) in [7, 11) is 0. The van der Waals surface area contributed by atoms with Gasteiger partial charge in [-0.1, -0.05) is 23.2 Å². The van der Waals surface area contributed by atoms with Gasteiger partial charge in [0.2, 0.25) is 0 Å². The summed E-state index contributed by atoms with van der Waals surface area (Å²) in [6.45, 7) is -0.922. The number of halogens is 4. The van der Waals surface area contributed by atoms with E-state index < -0.39 is 6.61 Å². The number of ether oxygens (including phenoxy) is 1. The highest BCUT2D eigenvalue weighted by atomic mass is 35.5. The van der Waals surface area contributed by atoms with Gasteiger partial charge in [-0.25, -0.2) is 0 Å². The van der Waals surface area contributed by atoms with Crippen LogP contribution < -0.4 is 10.1 Å². The lowest BCUT2D eigenvalue weighted by atomic mass is 10.1. The molecule has 1 heterocycles. The van der Waals surface area contributed by atoms with Gasteiger partial charge in [-0.3, -0.25) is 0 Å². The summed E-state index contributed by atoms with van der Waals surface area (Å²) in [6, 6.07) is 6.48. The maximum Gasteiger partial charge on any atom is 0.387 e. The van der Waals surface area contributed by atoms with Gasteiger partial charge < -0.3 is 10.1 Å². The molecule has 108 valence electrons. The predicted molar refractivity (Wildman–Crippen MR) is 79.5 cm³/mol. The van der Waals surface area contributed by atoms with E-state index in [4.69, 9.17) is 23.2 Å². The summed E-state index contributed by atoms with van der Waals surface area (Å²) in [5.41, 5.74) is 1.76. The minimum Gasteiger partial charge on any atom is -0.433 e. The van der Waals surface area contributed by atoms with Crippen LogP contribution in [0.1, 0.15) is 18.5 Å². The van der Waals surface area contributed by atoms with Crippen molar-refractivity contribution < 1.29 is 13.5 Å². The quantitative estimate of drug-likeness (QED) is 0.741. The van der Waals surface area contributed by atoms with Crippen LogP contribution in [0.5, 0.6) is 5.75 Å². The van der Waals surface area contributed by atoms with E-state index in [2.05, 4.69) is 10.1 Å². The summed E-state index contributed by atoms with van der Waals surface area (Å²) >= 11 is 13.2. The first-order valence-electron chi connectivity index (χ1n) is 5.70. The molecule has 1 aromatic carbocycles. The van der Waals surface area contributed by atoms with E-state index in [1.807, 2.05) is 18.4 Å². The van der Waals surface area contributed by atoms with Gasteiger partial charge in [0.25, 0.3) is 0 Å². The van der Waals surface area contributed by atoms with Gasteiger partial charge in [0.15, 0.2) is 0 Å². The number of anilines is 1. The number of benzene rings is 1. The number of hydrogen-bond acceptors (Lipinski definition) is 3. The van der Waals surface area contributed by atoms with Crippen molar-refractivity contribution in [2.45, 2.75) is 19.6 Å². The molecule has 0 aliphatic heterocycles. The summed E-state index contributed by atoms with van der Waals surface area (Å²) < 4.78 is 29.3. The Morgan fingerprint density at radius 1 is 1.25 bits per heavy atom. The predicted octanol–water partition coefficient (Wildman–Crippen LogP) is 5.83. The highest BCUT2D eigenvalue weighted by Gasteiger charge is 2.11. The number of hydrogen-bond donors (Lipinski definition) is 1. The highest BCUT2D eigenvalue weighted by Crippen LogP contribution is 2.31. The standard InChI is InChI=1S/C13H11Cl2F2NOS/c1-7(8-4-12(15)20-6-8)18-9-2-3-11(10(14)5-9)19-13(16)17/h2-7,13,18H,1H3. The molecule has 2 nitrogen and oxygen atoms in total. The van der Waals surface area contributed by atoms with Crippen molar-refractivity contribution in [3.05, 3.63) is 44.6 Å². The van der Waals surface area contributed by atoms with E-state index in [1.54, 1.807) is 12.1 Å². The molecule has 0 amide bonds. The zero-order valence-corrected chi connectivity index (χ0v) is 12.7. The van der Waals surface area contributed by atoms with Crippen molar-refractivity contribution in [2.24, 2.45) is 0 Å². The molecule has 7 heteroatoms. The van der Waals surface area contributed by atoms with Gasteiger partial charge in [-0.05, 0) is 42.1 Å². The molecular weight excluding hydrogens is 327 g/mol. The van der Waals surface area contributed by atoms with Crippen LogP contribution >= 0.6 is 34.5 Å². The van der Waals surface area contributed by atoms with E-state index in [0.29, 0.717) is 10.0 Å². The fourth-order valence-electron chi connectivity index (χ4n) is 1.67. The van der Waals surface area contributed by atoms with Crippen molar-refractivity contribution in [3.63, 3.8) is 0 Å². The van der Waals surface area contributed by atoms with Gasteiger partial charge in [0, 0.05) is 11.7 Å². The first kappa shape index (κ1) is 15.4. The fourth-order valence-corrected chi connectivity index (χ4v) is 2.88. The second kappa shape index (κ2) is 6.61. The lowest BCUT2D eigenvalue weighted by Crippen LogP contribution is -2.06. The third-order valence-corrected chi connectivity index (χ3v) is 4.02. The molecule has 2 rings (SSSR count). The summed E-state index contributed by atoms with van der Waals surface area (Å²) in [5, 5.41) is 5.30. The zero-order valence-electron chi connectivity index (χ0n) is 10.4. The first-order valence-corrected chi connectivity index (χ1v) is 7.34. The molecular formula is C13H11Cl2F2NOS. The minimum absolute atomic E-state index is 0.0247. The number of thiophene rings is 1. The lowest BCUT2D eigenvalue weighted by molar-refractivity contribution is -0.0497. The molecule has 0 saturated heterocycles. The number of nitrogens with one attached hydrogen (secondary N) is 1. The Morgan fingerprint density at radius 2 is 2.00 bits per heavy atom. The van der Waals surface area contributed by atoms with Gasteiger partial charge in [-0.15, -0.1) is 11.3 Å². The maximum absolute atomic E-state index is 12.1. The maximum atomic E-state index is 12.1. The highest BCUT2D eigenvalue weighted by molar-refractivity contribution is 7.14. The Morgan fingerprint density at radius 3 is 2.55 bits per heavy atom. The molecule has 0 bridgehead atoms. The van der Waals surface area contributed by atoms with Crippen LogP contribution in [0.3, 0.4) is 0 Å². The molecule has 1 aromatic heterocycles. The lowest BCUT2D eigenvalue weighted by Gasteiger charge is -2.15. The summed E-state index contributed by atoms with van der Waals surface area (Å²) in [6.07, 6.45) is 0. The van der Waals surface area contributed by atoms with Crippen molar-refractivity contribution in [1.82, 2.24) is 0 Å². The van der Waals surface area contributed by atoms with Crippen LogP contribution in [0.2, 0.25) is 9.36 Å². The van der Waals surface area contributed by atoms with E-state index in [0.717, 1.165) is 5.56 Å². The van der Waals surface area contributed by atoms with Crippen LogP contribution in [-0.4, -0.2) is 6.61 Å². The van der Waals surface area contributed by atoms with E-state index in [1.165, 1.54) is 17.4 Å². The minimum atomic E-state index is -2.89. The molecule has 1 unspecified atom stereocenters. The van der Waals surface area contributed by atoms with E-state index >= 15 is 0 Å². The Kier molecular flexibility index (Phi) is 5.07. The Hall–Kier alpha value is -1.04. The molecule has 0 fully saturated rings. The molecule has 2 aromatic rings. The molecule has 1 atom stereocenters. The second-order valence-corrected chi connectivity index (χ2v) is 6.02. The Bertz CT molecular complexity index is 592. The van der Waals surface area contributed by atoms with E-state index in [-0.39, 0.29) is 16.8 Å². The van der Waals surface area contributed by atoms with Crippen molar-refractivity contribution >= 4 is 40.2 Å². The Balaban J connectivity index is 2.08. The third-order valence-electron chi connectivity index (χ3n) is 2.62. The molecule has 0 spiro atoms. The van der Waals surface area contributed by atoms with Crippen LogP contribution in [-0.2, 0) is 0 Å².